The summed E-state index contributed by atoms with van der Waals surface area (Å²) < 4.78 is 0. The van der Waals surface area contributed by atoms with E-state index < -0.39 is 4.92 Å². The standard InChI is InChI=1S/C25H35N3O3/c1-7-9-12-18-27(17-8-2)24(21(5)28(30)31)16-15-19(3)20(4)22-13-10-11-14-23(22)25(29)26-6/h10-11,13-16H,4-5,7-9,12,17-18H2,1-3,6H3,(H,26,29)/b19-15+,24-16+. The molecule has 0 radical (unpaired) electrons. The van der Waals surface area contributed by atoms with Gasteiger partial charge in [-0.1, -0.05) is 57.5 Å². The maximum atomic E-state index is 12.2. The fourth-order valence-corrected chi connectivity index (χ4v) is 3.25. The van der Waals surface area contributed by atoms with Crippen LogP contribution in [0.3, 0.4) is 0 Å². The molecule has 0 bridgehead atoms. The number of nitro groups is 1. The van der Waals surface area contributed by atoms with Crippen molar-refractivity contribution in [2.75, 3.05) is 20.1 Å². The molecule has 0 unspecified atom stereocenters. The summed E-state index contributed by atoms with van der Waals surface area (Å²) in [6, 6.07) is 7.25. The van der Waals surface area contributed by atoms with Crippen molar-refractivity contribution >= 4 is 11.5 Å². The van der Waals surface area contributed by atoms with Crippen molar-refractivity contribution < 1.29 is 9.72 Å². The van der Waals surface area contributed by atoms with Crippen LogP contribution in [-0.4, -0.2) is 35.9 Å². The Hall–Kier alpha value is -3.15. The van der Waals surface area contributed by atoms with Crippen molar-refractivity contribution in [3.05, 3.63) is 87.8 Å². The highest BCUT2D eigenvalue weighted by atomic mass is 16.6. The van der Waals surface area contributed by atoms with E-state index in [2.05, 4.69) is 32.3 Å². The van der Waals surface area contributed by atoms with Gasteiger partial charge in [0, 0.05) is 25.7 Å². The number of hydrogen-bond acceptors (Lipinski definition) is 4. The lowest BCUT2D eigenvalue weighted by Crippen LogP contribution is -2.27. The first-order chi connectivity index (χ1) is 14.8. The van der Waals surface area contributed by atoms with Gasteiger partial charge in [-0.3, -0.25) is 14.9 Å². The topological polar surface area (TPSA) is 75.5 Å². The van der Waals surface area contributed by atoms with Gasteiger partial charge in [-0.15, -0.1) is 0 Å². The van der Waals surface area contributed by atoms with Crippen LogP contribution in [0.15, 0.2) is 66.5 Å². The Labute approximate surface area is 186 Å². The summed E-state index contributed by atoms with van der Waals surface area (Å²) in [5, 5.41) is 14.1. The Morgan fingerprint density at radius 2 is 1.74 bits per heavy atom. The maximum absolute atomic E-state index is 12.2. The molecular weight excluding hydrogens is 390 g/mol. The molecule has 0 heterocycles. The van der Waals surface area contributed by atoms with Crippen LogP contribution in [0.5, 0.6) is 0 Å². The molecule has 1 rings (SSSR count). The first-order valence-electron chi connectivity index (χ1n) is 10.8. The van der Waals surface area contributed by atoms with E-state index in [1.165, 1.54) is 0 Å². The molecular formula is C25H35N3O3. The van der Waals surface area contributed by atoms with Gasteiger partial charge in [0.25, 0.3) is 11.6 Å². The van der Waals surface area contributed by atoms with E-state index in [-0.39, 0.29) is 11.6 Å². The normalized spacial score (nSPS) is 11.7. The van der Waals surface area contributed by atoms with Crippen LogP contribution >= 0.6 is 0 Å². The summed E-state index contributed by atoms with van der Waals surface area (Å²) in [4.78, 5) is 25.3. The molecule has 1 N–H and O–H groups in total. The van der Waals surface area contributed by atoms with Gasteiger partial charge in [-0.25, -0.2) is 0 Å². The number of carbonyl (C=O) groups is 1. The van der Waals surface area contributed by atoms with Crippen LogP contribution in [0.4, 0.5) is 0 Å². The van der Waals surface area contributed by atoms with Crippen LogP contribution < -0.4 is 5.32 Å². The Bertz CT molecular complexity index is 869. The summed E-state index contributed by atoms with van der Waals surface area (Å²) in [6.45, 7) is 15.4. The van der Waals surface area contributed by atoms with Crippen LogP contribution in [0.25, 0.3) is 5.57 Å². The Balaban J connectivity index is 3.31. The Kier molecular flexibility index (Phi) is 11.0. The van der Waals surface area contributed by atoms with Gasteiger partial charge in [-0.2, -0.15) is 0 Å². The fraction of sp³-hybridized carbons (Fsp3) is 0.400. The molecule has 0 saturated carbocycles. The average Bonchev–Trinajstić information content (AvgIpc) is 2.77. The van der Waals surface area contributed by atoms with Crippen molar-refractivity contribution in [2.45, 2.75) is 46.5 Å². The molecule has 0 saturated heterocycles. The number of benzene rings is 1. The molecule has 6 heteroatoms. The van der Waals surface area contributed by atoms with E-state index in [0.717, 1.165) is 49.9 Å². The fourth-order valence-electron chi connectivity index (χ4n) is 3.25. The lowest BCUT2D eigenvalue weighted by Gasteiger charge is -2.25. The lowest BCUT2D eigenvalue weighted by molar-refractivity contribution is -0.422. The van der Waals surface area contributed by atoms with Gasteiger partial charge in [0.05, 0.1) is 4.92 Å². The number of hydrogen-bond donors (Lipinski definition) is 1. The zero-order chi connectivity index (χ0) is 23.4. The molecule has 1 aromatic rings. The summed E-state index contributed by atoms with van der Waals surface area (Å²) in [6.07, 6.45) is 7.56. The second kappa shape index (κ2) is 13.2. The molecule has 0 spiro atoms. The van der Waals surface area contributed by atoms with Crippen LogP contribution in [-0.2, 0) is 0 Å². The molecule has 6 nitrogen and oxygen atoms in total. The molecule has 0 atom stereocenters. The second-order valence-corrected chi connectivity index (χ2v) is 7.40. The van der Waals surface area contributed by atoms with Gasteiger partial charge in [0.2, 0.25) is 0 Å². The van der Waals surface area contributed by atoms with Gasteiger partial charge in [-0.05, 0) is 55.2 Å². The number of carbonyl (C=O) groups excluding carboxylic acids is 1. The largest absolute Gasteiger partial charge is 0.366 e. The lowest BCUT2D eigenvalue weighted by atomic mass is 9.95. The smallest absolute Gasteiger partial charge is 0.285 e. The number of unbranched alkanes of at least 4 members (excludes halogenated alkanes) is 2. The number of amides is 1. The van der Waals surface area contributed by atoms with E-state index in [1.54, 1.807) is 25.3 Å². The highest BCUT2D eigenvalue weighted by Crippen LogP contribution is 2.25. The molecule has 0 fully saturated rings. The van der Waals surface area contributed by atoms with Gasteiger partial charge in [0.1, 0.15) is 5.70 Å². The minimum Gasteiger partial charge on any atom is -0.366 e. The van der Waals surface area contributed by atoms with E-state index in [1.807, 2.05) is 30.0 Å². The molecule has 1 aromatic carbocycles. The number of rotatable bonds is 13. The highest BCUT2D eigenvalue weighted by molar-refractivity contribution is 6.00. The quantitative estimate of drug-likeness (QED) is 0.194. The zero-order valence-corrected chi connectivity index (χ0v) is 19.2. The minimum absolute atomic E-state index is 0.120. The summed E-state index contributed by atoms with van der Waals surface area (Å²) in [5.74, 6) is -0.187. The summed E-state index contributed by atoms with van der Waals surface area (Å²) in [5.41, 5.74) is 3.16. The van der Waals surface area contributed by atoms with Crippen LogP contribution in [0, 0.1) is 10.1 Å². The molecule has 31 heavy (non-hydrogen) atoms. The highest BCUT2D eigenvalue weighted by Gasteiger charge is 2.20. The third-order valence-electron chi connectivity index (χ3n) is 5.07. The zero-order valence-electron chi connectivity index (χ0n) is 19.2. The van der Waals surface area contributed by atoms with Crippen molar-refractivity contribution in [3.8, 4) is 0 Å². The molecule has 0 aromatic heterocycles. The van der Waals surface area contributed by atoms with Gasteiger partial charge < -0.3 is 10.2 Å². The van der Waals surface area contributed by atoms with Crippen LogP contribution in [0.2, 0.25) is 0 Å². The van der Waals surface area contributed by atoms with Gasteiger partial charge in [0.15, 0.2) is 0 Å². The molecule has 1 amide bonds. The van der Waals surface area contributed by atoms with Crippen molar-refractivity contribution in [3.63, 3.8) is 0 Å². The maximum Gasteiger partial charge on any atom is 0.285 e. The molecule has 0 aliphatic heterocycles. The van der Waals surface area contributed by atoms with E-state index >= 15 is 0 Å². The summed E-state index contributed by atoms with van der Waals surface area (Å²) in [7, 11) is 1.59. The van der Waals surface area contributed by atoms with E-state index in [4.69, 9.17) is 0 Å². The Morgan fingerprint density at radius 3 is 2.29 bits per heavy atom. The first kappa shape index (κ1) is 25.9. The minimum atomic E-state index is -0.437. The third-order valence-corrected chi connectivity index (χ3v) is 5.07. The number of allylic oxidation sites excluding steroid dienone is 4. The van der Waals surface area contributed by atoms with Crippen molar-refractivity contribution in [1.29, 1.82) is 0 Å². The third kappa shape index (κ3) is 7.55. The molecule has 168 valence electrons. The predicted molar refractivity (Wildman–Crippen MR) is 128 cm³/mol. The molecule has 0 aliphatic carbocycles. The monoisotopic (exact) mass is 425 g/mol. The van der Waals surface area contributed by atoms with Gasteiger partial charge >= 0.3 is 0 Å². The van der Waals surface area contributed by atoms with E-state index in [0.29, 0.717) is 16.8 Å². The number of nitrogens with one attached hydrogen (secondary N) is 1. The van der Waals surface area contributed by atoms with Crippen molar-refractivity contribution in [2.24, 2.45) is 0 Å². The van der Waals surface area contributed by atoms with E-state index in [9.17, 15) is 14.9 Å². The van der Waals surface area contributed by atoms with Crippen LogP contribution in [0.1, 0.15) is 62.4 Å². The number of nitrogens with zero attached hydrogens (tertiary/aromatic N) is 2. The first-order valence-corrected chi connectivity index (χ1v) is 10.8. The average molecular weight is 426 g/mol. The second-order valence-electron chi connectivity index (χ2n) is 7.40. The SMILES string of the molecule is C=C(/C(C)=C/C=C(\C(=C)[N+](=O)[O-])N(CCC)CCCCC)c1ccccc1C(=O)NC. The molecule has 0 aliphatic rings. The predicted octanol–water partition coefficient (Wildman–Crippen LogP) is 5.58. The summed E-state index contributed by atoms with van der Waals surface area (Å²) >= 11 is 0. The Morgan fingerprint density at radius 1 is 1.10 bits per heavy atom. The van der Waals surface area contributed by atoms with Crippen molar-refractivity contribution in [1.82, 2.24) is 10.2 Å².